The molecule has 2 rings (SSSR count). The highest BCUT2D eigenvalue weighted by molar-refractivity contribution is 5.64. The van der Waals surface area contributed by atoms with Crippen molar-refractivity contribution in [3.63, 3.8) is 0 Å². The molecule has 1 aliphatic rings. The number of aliphatic hydroxyl groups excluding tert-OH is 1. The summed E-state index contributed by atoms with van der Waals surface area (Å²) in [5.74, 6) is 0. The lowest BCUT2D eigenvalue weighted by Crippen LogP contribution is -2.50. The number of nitrogens with zero attached hydrogens (tertiary/aromatic N) is 3. The fourth-order valence-corrected chi connectivity index (χ4v) is 2.57. The fraction of sp³-hybridized carbons (Fsp3) is 0.571. The van der Waals surface area contributed by atoms with E-state index in [2.05, 4.69) is 9.80 Å². The monoisotopic (exact) mass is 279 g/mol. The zero-order valence-corrected chi connectivity index (χ0v) is 12.0. The van der Waals surface area contributed by atoms with Crippen molar-refractivity contribution >= 4 is 11.4 Å². The van der Waals surface area contributed by atoms with E-state index >= 15 is 0 Å². The molecule has 1 N–H and O–H groups in total. The van der Waals surface area contributed by atoms with E-state index in [1.807, 2.05) is 26.0 Å². The summed E-state index contributed by atoms with van der Waals surface area (Å²) in [7, 11) is 0. The molecule has 1 saturated heterocycles. The van der Waals surface area contributed by atoms with Crippen LogP contribution in [-0.2, 0) is 0 Å². The predicted octanol–water partition coefficient (Wildman–Crippen LogP) is 1.41. The molecule has 1 aliphatic heterocycles. The van der Waals surface area contributed by atoms with Crippen molar-refractivity contribution in [1.82, 2.24) is 4.90 Å². The van der Waals surface area contributed by atoms with Crippen LogP contribution in [0.1, 0.15) is 12.5 Å². The van der Waals surface area contributed by atoms with E-state index in [-0.39, 0.29) is 23.3 Å². The van der Waals surface area contributed by atoms with Crippen LogP contribution in [0.5, 0.6) is 0 Å². The second-order valence-electron chi connectivity index (χ2n) is 5.30. The standard InChI is InChI=1S/C14H21N3O3/c1-11-3-4-13(14(9-11)17(19)20)16-7-5-15(6-8-16)12(2)10-18/h3-4,9,12,18H,5-8,10H2,1-2H3. The third-order valence-electron chi connectivity index (χ3n) is 3.87. The number of anilines is 1. The number of aryl methyl sites for hydroxylation is 1. The Morgan fingerprint density at radius 3 is 2.55 bits per heavy atom. The molecule has 20 heavy (non-hydrogen) atoms. The van der Waals surface area contributed by atoms with Crippen LogP contribution in [0.15, 0.2) is 18.2 Å². The van der Waals surface area contributed by atoms with Crippen molar-refractivity contribution in [3.05, 3.63) is 33.9 Å². The lowest BCUT2D eigenvalue weighted by Gasteiger charge is -2.38. The minimum absolute atomic E-state index is 0.144. The summed E-state index contributed by atoms with van der Waals surface area (Å²) in [5, 5.41) is 20.3. The van der Waals surface area contributed by atoms with E-state index in [0.717, 1.165) is 31.7 Å². The Labute approximate surface area is 118 Å². The maximum atomic E-state index is 11.2. The molecule has 0 bridgehead atoms. The number of hydrogen-bond donors (Lipinski definition) is 1. The van der Waals surface area contributed by atoms with Crippen molar-refractivity contribution < 1.29 is 10.0 Å². The molecule has 0 saturated carbocycles. The number of aliphatic hydroxyl groups is 1. The van der Waals surface area contributed by atoms with Gasteiger partial charge in [-0.25, -0.2) is 0 Å². The van der Waals surface area contributed by atoms with Gasteiger partial charge in [0.1, 0.15) is 5.69 Å². The highest BCUT2D eigenvalue weighted by Crippen LogP contribution is 2.29. The van der Waals surface area contributed by atoms with Crippen LogP contribution in [-0.4, -0.2) is 53.8 Å². The third kappa shape index (κ3) is 3.08. The van der Waals surface area contributed by atoms with Crippen LogP contribution in [0.3, 0.4) is 0 Å². The van der Waals surface area contributed by atoms with Crippen molar-refractivity contribution in [2.24, 2.45) is 0 Å². The summed E-state index contributed by atoms with van der Waals surface area (Å²) in [4.78, 5) is 15.1. The topological polar surface area (TPSA) is 69.8 Å². The van der Waals surface area contributed by atoms with Gasteiger partial charge in [0.05, 0.1) is 11.5 Å². The number of benzene rings is 1. The number of rotatable bonds is 4. The number of nitro groups is 1. The van der Waals surface area contributed by atoms with Gasteiger partial charge >= 0.3 is 0 Å². The van der Waals surface area contributed by atoms with Gasteiger partial charge in [0.15, 0.2) is 0 Å². The number of nitro benzene ring substituents is 1. The van der Waals surface area contributed by atoms with Crippen LogP contribution in [0.4, 0.5) is 11.4 Å². The summed E-state index contributed by atoms with van der Waals surface area (Å²) in [6.07, 6.45) is 0. The first-order valence-corrected chi connectivity index (χ1v) is 6.88. The Hall–Kier alpha value is -1.66. The summed E-state index contributed by atoms with van der Waals surface area (Å²) in [5.41, 5.74) is 1.76. The van der Waals surface area contributed by atoms with Crippen LogP contribution in [0.25, 0.3) is 0 Å². The van der Waals surface area contributed by atoms with Gasteiger partial charge in [-0.3, -0.25) is 15.0 Å². The Morgan fingerprint density at radius 1 is 1.35 bits per heavy atom. The van der Waals surface area contributed by atoms with Gasteiger partial charge in [-0.15, -0.1) is 0 Å². The first-order valence-electron chi connectivity index (χ1n) is 6.88. The molecule has 1 atom stereocenters. The number of hydrogen-bond acceptors (Lipinski definition) is 5. The Morgan fingerprint density at radius 2 is 2.00 bits per heavy atom. The first kappa shape index (κ1) is 14.7. The molecule has 0 aromatic heterocycles. The van der Waals surface area contributed by atoms with Crippen molar-refractivity contribution in [1.29, 1.82) is 0 Å². The second kappa shape index (κ2) is 6.19. The smallest absolute Gasteiger partial charge is 0.292 e. The highest BCUT2D eigenvalue weighted by Gasteiger charge is 2.25. The van der Waals surface area contributed by atoms with Gasteiger partial charge in [-0.05, 0) is 25.5 Å². The molecule has 1 aromatic carbocycles. The minimum atomic E-state index is -0.314. The lowest BCUT2D eigenvalue weighted by molar-refractivity contribution is -0.384. The van der Waals surface area contributed by atoms with Gasteiger partial charge < -0.3 is 10.0 Å². The molecule has 0 amide bonds. The Balaban J connectivity index is 2.13. The first-order chi connectivity index (χ1) is 9.52. The van der Waals surface area contributed by atoms with Gasteiger partial charge in [-0.2, -0.15) is 0 Å². The maximum absolute atomic E-state index is 11.2. The zero-order valence-electron chi connectivity index (χ0n) is 12.0. The fourth-order valence-electron chi connectivity index (χ4n) is 2.57. The maximum Gasteiger partial charge on any atom is 0.292 e. The SMILES string of the molecule is Cc1ccc(N2CCN(C(C)CO)CC2)c([N+](=O)[O-])c1. The lowest BCUT2D eigenvalue weighted by atomic mass is 10.1. The predicted molar refractivity (Wildman–Crippen MR) is 78.2 cm³/mol. The molecule has 1 fully saturated rings. The van der Waals surface area contributed by atoms with Crippen LogP contribution in [0.2, 0.25) is 0 Å². The summed E-state index contributed by atoms with van der Waals surface area (Å²) in [6, 6.07) is 5.51. The molecule has 0 spiro atoms. The summed E-state index contributed by atoms with van der Waals surface area (Å²) in [6.45, 7) is 7.11. The largest absolute Gasteiger partial charge is 0.395 e. The highest BCUT2D eigenvalue weighted by atomic mass is 16.6. The molecule has 0 aliphatic carbocycles. The second-order valence-corrected chi connectivity index (χ2v) is 5.30. The van der Waals surface area contributed by atoms with E-state index in [4.69, 9.17) is 0 Å². The minimum Gasteiger partial charge on any atom is -0.395 e. The molecular weight excluding hydrogens is 258 g/mol. The van der Waals surface area contributed by atoms with Crippen LogP contribution in [0, 0.1) is 17.0 Å². The van der Waals surface area contributed by atoms with E-state index in [9.17, 15) is 15.2 Å². The quantitative estimate of drug-likeness (QED) is 0.666. The normalized spacial score (nSPS) is 18.1. The molecule has 1 heterocycles. The van der Waals surface area contributed by atoms with Gasteiger partial charge in [0.2, 0.25) is 0 Å². The Bertz CT molecular complexity index is 485. The van der Waals surface area contributed by atoms with Gasteiger partial charge in [0, 0.05) is 38.3 Å². The molecule has 1 aromatic rings. The third-order valence-corrected chi connectivity index (χ3v) is 3.87. The summed E-state index contributed by atoms with van der Waals surface area (Å²) >= 11 is 0. The van der Waals surface area contributed by atoms with Crippen molar-refractivity contribution in [3.8, 4) is 0 Å². The molecular formula is C14H21N3O3. The average molecular weight is 279 g/mol. The van der Waals surface area contributed by atoms with E-state index < -0.39 is 0 Å². The molecule has 0 radical (unpaired) electrons. The Kier molecular flexibility index (Phi) is 4.57. The zero-order chi connectivity index (χ0) is 14.7. The number of piperazine rings is 1. The van der Waals surface area contributed by atoms with Crippen molar-refractivity contribution in [2.45, 2.75) is 19.9 Å². The molecule has 6 heteroatoms. The van der Waals surface area contributed by atoms with E-state index in [1.54, 1.807) is 6.07 Å². The summed E-state index contributed by atoms with van der Waals surface area (Å²) < 4.78 is 0. The van der Waals surface area contributed by atoms with Gasteiger partial charge in [0.25, 0.3) is 5.69 Å². The molecule has 110 valence electrons. The van der Waals surface area contributed by atoms with E-state index in [0.29, 0.717) is 5.69 Å². The average Bonchev–Trinajstić information content (AvgIpc) is 2.46. The van der Waals surface area contributed by atoms with E-state index in [1.165, 1.54) is 0 Å². The van der Waals surface area contributed by atoms with Crippen LogP contribution >= 0.6 is 0 Å². The van der Waals surface area contributed by atoms with Gasteiger partial charge in [-0.1, -0.05) is 6.07 Å². The van der Waals surface area contributed by atoms with Crippen molar-refractivity contribution in [2.75, 3.05) is 37.7 Å². The van der Waals surface area contributed by atoms with Crippen LogP contribution < -0.4 is 4.90 Å². The molecule has 1 unspecified atom stereocenters. The molecule has 6 nitrogen and oxygen atoms in total.